The maximum atomic E-state index is 11.0. The van der Waals surface area contributed by atoms with Crippen molar-refractivity contribution in [3.8, 4) is 5.75 Å². The summed E-state index contributed by atoms with van der Waals surface area (Å²) in [5, 5.41) is 19.4. The van der Waals surface area contributed by atoms with Crippen molar-refractivity contribution in [2.45, 2.75) is 6.54 Å². The molecule has 0 bridgehead atoms. The summed E-state index contributed by atoms with van der Waals surface area (Å²) in [4.78, 5) is 12.7. The molecule has 0 spiro atoms. The summed E-state index contributed by atoms with van der Waals surface area (Å²) in [6.45, 7) is 0.149. The predicted molar refractivity (Wildman–Crippen MR) is 78.2 cm³/mol. The number of benzene rings is 2. The number of carboxylic acid groups (broad SMARTS) is 1. The lowest BCUT2D eigenvalue weighted by atomic mass is 10.1. The molecule has 104 valence electrons. The van der Waals surface area contributed by atoms with Crippen LogP contribution in [0.1, 0.15) is 5.56 Å². The van der Waals surface area contributed by atoms with Crippen molar-refractivity contribution in [3.05, 3.63) is 59.1 Å². The summed E-state index contributed by atoms with van der Waals surface area (Å²) in [5.41, 5.74) is 1.41. The van der Waals surface area contributed by atoms with E-state index in [0.29, 0.717) is 17.1 Å². The molecule has 0 aliphatic rings. The van der Waals surface area contributed by atoms with Crippen molar-refractivity contribution in [1.82, 2.24) is 0 Å². The number of nitrogens with zero attached hydrogens (tertiary/aromatic N) is 1. The Bertz CT molecular complexity index is 598. The first-order valence-electron chi connectivity index (χ1n) is 6.05. The average molecular weight is 292 g/mol. The van der Waals surface area contributed by atoms with Gasteiger partial charge in [-0.1, -0.05) is 29.8 Å². The first-order valence-corrected chi connectivity index (χ1v) is 6.43. The zero-order valence-electron chi connectivity index (χ0n) is 10.7. The monoisotopic (exact) mass is 291 g/mol. The molecule has 0 aliphatic heterocycles. The van der Waals surface area contributed by atoms with Gasteiger partial charge in [0.1, 0.15) is 12.3 Å². The van der Waals surface area contributed by atoms with Gasteiger partial charge in [-0.2, -0.15) is 0 Å². The third-order valence-electron chi connectivity index (χ3n) is 2.87. The van der Waals surface area contributed by atoms with Crippen molar-refractivity contribution in [3.63, 3.8) is 0 Å². The summed E-state index contributed by atoms with van der Waals surface area (Å²) >= 11 is 5.83. The number of hydrogen-bond acceptors (Lipinski definition) is 3. The van der Waals surface area contributed by atoms with Gasteiger partial charge < -0.3 is 15.1 Å². The smallest absolute Gasteiger partial charge is 0.323 e. The SMILES string of the molecule is O=C(O)CN(Cc1ccccc1O)c1ccc(Cl)cc1. The van der Waals surface area contributed by atoms with Crippen LogP contribution in [0.15, 0.2) is 48.5 Å². The lowest BCUT2D eigenvalue weighted by Crippen LogP contribution is -2.29. The molecule has 0 fully saturated rings. The molecular weight excluding hydrogens is 278 g/mol. The van der Waals surface area contributed by atoms with E-state index in [0.717, 1.165) is 5.69 Å². The summed E-state index contributed by atoms with van der Waals surface area (Å²) in [6, 6.07) is 13.8. The second kappa shape index (κ2) is 6.30. The summed E-state index contributed by atoms with van der Waals surface area (Å²) in [6.07, 6.45) is 0. The standard InChI is InChI=1S/C15H14ClNO3/c16-12-5-7-13(8-6-12)17(10-15(19)20)9-11-3-1-2-4-14(11)18/h1-8,18H,9-10H2,(H,19,20). The Labute approximate surface area is 121 Å². The lowest BCUT2D eigenvalue weighted by Gasteiger charge is -2.23. The Balaban J connectivity index is 2.26. The predicted octanol–water partition coefficient (Wildman–Crippen LogP) is 3.14. The number of para-hydroxylation sites is 1. The number of phenolic OH excluding ortho intramolecular Hbond substituents is 1. The number of anilines is 1. The Hall–Kier alpha value is -2.20. The third-order valence-corrected chi connectivity index (χ3v) is 3.12. The number of phenols is 1. The molecule has 0 aromatic heterocycles. The Kier molecular flexibility index (Phi) is 4.48. The van der Waals surface area contributed by atoms with Crippen LogP contribution < -0.4 is 4.90 Å². The second-order valence-electron chi connectivity index (χ2n) is 4.35. The van der Waals surface area contributed by atoms with Crippen LogP contribution in [-0.4, -0.2) is 22.7 Å². The van der Waals surface area contributed by atoms with Crippen LogP contribution in [0.5, 0.6) is 5.75 Å². The molecule has 2 rings (SSSR count). The fourth-order valence-corrected chi connectivity index (χ4v) is 2.03. The van der Waals surface area contributed by atoms with Gasteiger partial charge in [0.05, 0.1) is 0 Å². The number of carboxylic acids is 1. The summed E-state index contributed by atoms with van der Waals surface area (Å²) in [5.74, 6) is -0.785. The highest BCUT2D eigenvalue weighted by atomic mass is 35.5. The van der Waals surface area contributed by atoms with E-state index in [9.17, 15) is 9.90 Å². The average Bonchev–Trinajstić information content (AvgIpc) is 2.41. The lowest BCUT2D eigenvalue weighted by molar-refractivity contribution is -0.135. The highest BCUT2D eigenvalue weighted by molar-refractivity contribution is 6.30. The van der Waals surface area contributed by atoms with Gasteiger partial charge in [-0.15, -0.1) is 0 Å². The van der Waals surface area contributed by atoms with E-state index in [2.05, 4.69) is 0 Å². The van der Waals surface area contributed by atoms with E-state index in [1.807, 2.05) is 0 Å². The van der Waals surface area contributed by atoms with Gasteiger partial charge in [0.2, 0.25) is 0 Å². The van der Waals surface area contributed by atoms with E-state index in [4.69, 9.17) is 16.7 Å². The maximum Gasteiger partial charge on any atom is 0.323 e. The molecule has 0 atom stereocenters. The van der Waals surface area contributed by atoms with E-state index in [1.165, 1.54) is 0 Å². The van der Waals surface area contributed by atoms with Gasteiger partial charge in [-0.25, -0.2) is 0 Å². The van der Waals surface area contributed by atoms with Gasteiger partial charge in [0.15, 0.2) is 0 Å². The fourth-order valence-electron chi connectivity index (χ4n) is 1.90. The Morgan fingerprint density at radius 1 is 1.10 bits per heavy atom. The van der Waals surface area contributed by atoms with Crippen LogP contribution in [0.25, 0.3) is 0 Å². The Morgan fingerprint density at radius 3 is 2.35 bits per heavy atom. The molecule has 2 aromatic carbocycles. The van der Waals surface area contributed by atoms with E-state index < -0.39 is 5.97 Å². The topological polar surface area (TPSA) is 60.8 Å². The number of carbonyl (C=O) groups is 1. The second-order valence-corrected chi connectivity index (χ2v) is 4.79. The van der Waals surface area contributed by atoms with Crippen molar-refractivity contribution in [2.75, 3.05) is 11.4 Å². The highest BCUT2D eigenvalue weighted by Crippen LogP contribution is 2.23. The number of hydrogen-bond donors (Lipinski definition) is 2. The van der Waals surface area contributed by atoms with Crippen LogP contribution >= 0.6 is 11.6 Å². The maximum absolute atomic E-state index is 11.0. The minimum atomic E-state index is -0.935. The minimum Gasteiger partial charge on any atom is -0.508 e. The van der Waals surface area contributed by atoms with Crippen LogP contribution in [-0.2, 0) is 11.3 Å². The first kappa shape index (κ1) is 14.2. The molecule has 0 unspecified atom stereocenters. The Morgan fingerprint density at radius 2 is 1.75 bits per heavy atom. The molecule has 2 aromatic rings. The third kappa shape index (κ3) is 3.65. The van der Waals surface area contributed by atoms with Crippen LogP contribution in [0.4, 0.5) is 5.69 Å². The number of aliphatic carboxylic acids is 1. The fraction of sp³-hybridized carbons (Fsp3) is 0.133. The zero-order valence-corrected chi connectivity index (χ0v) is 11.4. The molecule has 0 saturated heterocycles. The summed E-state index contributed by atoms with van der Waals surface area (Å²) < 4.78 is 0. The van der Waals surface area contributed by atoms with Gasteiger partial charge >= 0.3 is 5.97 Å². The quantitative estimate of drug-likeness (QED) is 0.888. The van der Waals surface area contributed by atoms with Crippen molar-refractivity contribution >= 4 is 23.3 Å². The molecule has 2 N–H and O–H groups in total. The number of rotatable bonds is 5. The van der Waals surface area contributed by atoms with Crippen LogP contribution in [0.2, 0.25) is 5.02 Å². The number of halogens is 1. The molecule has 0 aliphatic carbocycles. The highest BCUT2D eigenvalue weighted by Gasteiger charge is 2.13. The van der Waals surface area contributed by atoms with Crippen LogP contribution in [0, 0.1) is 0 Å². The minimum absolute atomic E-state index is 0.150. The molecule has 4 nitrogen and oxygen atoms in total. The van der Waals surface area contributed by atoms with Crippen molar-refractivity contribution in [1.29, 1.82) is 0 Å². The molecule has 5 heteroatoms. The zero-order chi connectivity index (χ0) is 14.5. The van der Waals surface area contributed by atoms with Gasteiger partial charge in [-0.3, -0.25) is 4.79 Å². The normalized spacial score (nSPS) is 10.2. The number of aromatic hydroxyl groups is 1. The van der Waals surface area contributed by atoms with Crippen molar-refractivity contribution < 1.29 is 15.0 Å². The molecule has 0 saturated carbocycles. The molecule has 0 heterocycles. The van der Waals surface area contributed by atoms with Gasteiger partial charge in [-0.05, 0) is 30.3 Å². The molecule has 0 amide bonds. The first-order chi connectivity index (χ1) is 9.56. The van der Waals surface area contributed by atoms with Crippen molar-refractivity contribution in [2.24, 2.45) is 0 Å². The van der Waals surface area contributed by atoms with Gasteiger partial charge in [0, 0.05) is 22.8 Å². The molecule has 0 radical (unpaired) electrons. The van der Waals surface area contributed by atoms with E-state index >= 15 is 0 Å². The van der Waals surface area contributed by atoms with E-state index in [1.54, 1.807) is 53.4 Å². The molecular formula is C15H14ClNO3. The molecule has 20 heavy (non-hydrogen) atoms. The summed E-state index contributed by atoms with van der Waals surface area (Å²) in [7, 11) is 0. The van der Waals surface area contributed by atoms with Crippen LogP contribution in [0.3, 0.4) is 0 Å². The van der Waals surface area contributed by atoms with Gasteiger partial charge in [0.25, 0.3) is 0 Å². The largest absolute Gasteiger partial charge is 0.508 e. The van der Waals surface area contributed by atoms with E-state index in [-0.39, 0.29) is 12.3 Å².